The molecule has 0 spiro atoms. The van der Waals surface area contributed by atoms with E-state index in [0.29, 0.717) is 37.8 Å². The largest absolute Gasteiger partial charge is 0.379 e. The fourth-order valence-electron chi connectivity index (χ4n) is 3.42. The van der Waals surface area contributed by atoms with Crippen LogP contribution in [0.25, 0.3) is 0 Å². The molecule has 0 radical (unpaired) electrons. The molecular formula is C16H31N3O2. The summed E-state index contributed by atoms with van der Waals surface area (Å²) in [6.07, 6.45) is 6.12. The van der Waals surface area contributed by atoms with Crippen LogP contribution in [0.5, 0.6) is 0 Å². The summed E-state index contributed by atoms with van der Waals surface area (Å²) in [5, 5.41) is 6.63. The average Bonchev–Trinajstić information content (AvgIpc) is 2.76. The fraction of sp³-hybridized carbons (Fsp3) is 0.938. The van der Waals surface area contributed by atoms with Gasteiger partial charge in [-0.05, 0) is 53.0 Å². The molecule has 2 atom stereocenters. The van der Waals surface area contributed by atoms with Crippen molar-refractivity contribution in [1.82, 2.24) is 15.5 Å². The second-order valence-electron chi connectivity index (χ2n) is 6.80. The van der Waals surface area contributed by atoms with Crippen molar-refractivity contribution in [2.75, 3.05) is 26.7 Å². The first-order valence-electron chi connectivity index (χ1n) is 8.39. The normalized spacial score (nSPS) is 28.3. The van der Waals surface area contributed by atoms with E-state index in [9.17, 15) is 4.79 Å². The number of rotatable bonds is 8. The Morgan fingerprint density at radius 3 is 2.62 bits per heavy atom. The topological polar surface area (TPSA) is 53.6 Å². The summed E-state index contributed by atoms with van der Waals surface area (Å²) in [6, 6.07) is 1.90. The summed E-state index contributed by atoms with van der Waals surface area (Å²) >= 11 is 0. The van der Waals surface area contributed by atoms with Gasteiger partial charge in [-0.1, -0.05) is 0 Å². The molecule has 5 nitrogen and oxygen atoms in total. The summed E-state index contributed by atoms with van der Waals surface area (Å²) in [5.74, 6) is 0.132. The number of carbonyl (C=O) groups is 1. The first-order chi connectivity index (χ1) is 10.0. The Hall–Kier alpha value is -0.650. The quantitative estimate of drug-likeness (QED) is 0.660. The van der Waals surface area contributed by atoms with Gasteiger partial charge in [0.2, 0.25) is 5.91 Å². The second-order valence-corrected chi connectivity index (χ2v) is 6.80. The van der Waals surface area contributed by atoms with Crippen LogP contribution in [-0.4, -0.2) is 61.8 Å². The van der Waals surface area contributed by atoms with Crippen LogP contribution in [0.1, 0.15) is 46.0 Å². The maximum absolute atomic E-state index is 12.0. The van der Waals surface area contributed by atoms with Gasteiger partial charge in [-0.25, -0.2) is 0 Å². The van der Waals surface area contributed by atoms with Gasteiger partial charge in [0.05, 0.1) is 12.6 Å². The van der Waals surface area contributed by atoms with Crippen LogP contribution in [-0.2, 0) is 9.53 Å². The van der Waals surface area contributed by atoms with Gasteiger partial charge in [0.1, 0.15) is 0 Å². The third-order valence-electron chi connectivity index (χ3n) is 4.56. The number of hydrogen-bond acceptors (Lipinski definition) is 4. The molecule has 5 heteroatoms. The van der Waals surface area contributed by atoms with E-state index >= 15 is 0 Å². The molecule has 1 amide bonds. The first-order valence-corrected chi connectivity index (χ1v) is 8.39. The summed E-state index contributed by atoms with van der Waals surface area (Å²) in [6.45, 7) is 5.98. The van der Waals surface area contributed by atoms with Gasteiger partial charge in [0.15, 0.2) is 0 Å². The summed E-state index contributed by atoms with van der Waals surface area (Å²) in [5.41, 5.74) is 0. The lowest BCUT2D eigenvalue weighted by Crippen LogP contribution is -2.49. The average molecular weight is 297 g/mol. The molecule has 122 valence electrons. The van der Waals surface area contributed by atoms with Crippen molar-refractivity contribution in [3.8, 4) is 0 Å². The minimum absolute atomic E-state index is 0.132. The predicted molar refractivity (Wildman–Crippen MR) is 84.3 cm³/mol. The number of amides is 1. The zero-order valence-electron chi connectivity index (χ0n) is 13.7. The van der Waals surface area contributed by atoms with Crippen molar-refractivity contribution >= 4 is 5.91 Å². The highest BCUT2D eigenvalue weighted by molar-refractivity contribution is 5.77. The molecule has 0 aromatic carbocycles. The number of likely N-dealkylation sites (N-methyl/N-ethyl adjacent to an activating group) is 1. The number of carbonyl (C=O) groups excluding carboxylic acids is 1. The van der Waals surface area contributed by atoms with Crippen LogP contribution in [0, 0.1) is 0 Å². The van der Waals surface area contributed by atoms with Gasteiger partial charge in [0, 0.05) is 31.3 Å². The smallest absolute Gasteiger partial charge is 0.234 e. The Morgan fingerprint density at radius 1 is 1.33 bits per heavy atom. The van der Waals surface area contributed by atoms with Crippen LogP contribution in [0.4, 0.5) is 0 Å². The lowest BCUT2D eigenvalue weighted by Gasteiger charge is -2.35. The molecule has 2 saturated heterocycles. The molecule has 2 aliphatic rings. The van der Waals surface area contributed by atoms with E-state index < -0.39 is 0 Å². The number of hydrogen-bond donors (Lipinski definition) is 2. The monoisotopic (exact) mass is 297 g/mol. The summed E-state index contributed by atoms with van der Waals surface area (Å²) < 4.78 is 5.46. The molecule has 21 heavy (non-hydrogen) atoms. The van der Waals surface area contributed by atoms with Crippen molar-refractivity contribution in [2.24, 2.45) is 0 Å². The highest BCUT2D eigenvalue weighted by Gasteiger charge is 2.35. The van der Waals surface area contributed by atoms with E-state index in [4.69, 9.17) is 4.74 Å². The summed E-state index contributed by atoms with van der Waals surface area (Å²) in [4.78, 5) is 14.2. The van der Waals surface area contributed by atoms with Gasteiger partial charge < -0.3 is 15.4 Å². The van der Waals surface area contributed by atoms with Gasteiger partial charge in [-0.2, -0.15) is 0 Å². The molecule has 2 unspecified atom stereocenters. The lowest BCUT2D eigenvalue weighted by atomic mass is 9.98. The van der Waals surface area contributed by atoms with Gasteiger partial charge in [-0.15, -0.1) is 0 Å². The molecule has 2 aliphatic heterocycles. The van der Waals surface area contributed by atoms with Crippen LogP contribution >= 0.6 is 0 Å². The Labute approximate surface area is 128 Å². The van der Waals surface area contributed by atoms with Crippen molar-refractivity contribution < 1.29 is 9.53 Å². The molecule has 2 fully saturated rings. The third-order valence-corrected chi connectivity index (χ3v) is 4.56. The van der Waals surface area contributed by atoms with Crippen molar-refractivity contribution in [3.63, 3.8) is 0 Å². The fourth-order valence-corrected chi connectivity index (χ4v) is 3.42. The highest BCUT2D eigenvalue weighted by atomic mass is 16.5. The minimum Gasteiger partial charge on any atom is -0.379 e. The van der Waals surface area contributed by atoms with Crippen LogP contribution in [0.3, 0.4) is 0 Å². The maximum atomic E-state index is 12.0. The SMILES string of the molecule is CC(C)OCCCNC(=O)CN(C)C1CC2CCC(C1)N2. The van der Waals surface area contributed by atoms with E-state index in [1.165, 1.54) is 25.7 Å². The van der Waals surface area contributed by atoms with E-state index in [0.717, 1.165) is 6.42 Å². The maximum Gasteiger partial charge on any atom is 0.234 e. The molecular weight excluding hydrogens is 266 g/mol. The molecule has 0 aromatic rings. The minimum atomic E-state index is 0.132. The van der Waals surface area contributed by atoms with Crippen LogP contribution in [0.2, 0.25) is 0 Å². The van der Waals surface area contributed by atoms with Crippen LogP contribution in [0.15, 0.2) is 0 Å². The van der Waals surface area contributed by atoms with E-state index in [2.05, 4.69) is 22.6 Å². The second kappa shape index (κ2) is 8.11. The number of nitrogens with zero attached hydrogens (tertiary/aromatic N) is 1. The Morgan fingerprint density at radius 2 is 2.00 bits per heavy atom. The highest BCUT2D eigenvalue weighted by Crippen LogP contribution is 2.28. The molecule has 2 rings (SSSR count). The molecule has 0 aliphatic carbocycles. The lowest BCUT2D eigenvalue weighted by molar-refractivity contribution is -0.122. The van der Waals surface area contributed by atoms with Gasteiger partial charge in [0.25, 0.3) is 0 Å². The Balaban J connectivity index is 1.59. The molecule has 2 heterocycles. The molecule has 2 N–H and O–H groups in total. The Kier molecular flexibility index (Phi) is 6.45. The van der Waals surface area contributed by atoms with Crippen molar-refractivity contribution in [3.05, 3.63) is 0 Å². The predicted octanol–water partition coefficient (Wildman–Crippen LogP) is 1.13. The van der Waals surface area contributed by atoms with Gasteiger partial charge in [-0.3, -0.25) is 9.69 Å². The van der Waals surface area contributed by atoms with E-state index in [1.807, 2.05) is 13.8 Å². The summed E-state index contributed by atoms with van der Waals surface area (Å²) in [7, 11) is 2.08. The number of nitrogens with one attached hydrogen (secondary N) is 2. The third kappa shape index (κ3) is 5.57. The Bertz CT molecular complexity index is 323. The number of ether oxygens (including phenoxy) is 1. The number of piperidine rings is 1. The number of fused-ring (bicyclic) bond motifs is 2. The molecule has 2 bridgehead atoms. The molecule has 0 aromatic heterocycles. The van der Waals surface area contributed by atoms with E-state index in [-0.39, 0.29) is 12.0 Å². The standard InChI is InChI=1S/C16H31N3O2/c1-12(2)21-8-4-7-17-16(20)11-19(3)15-9-13-5-6-14(10-15)18-13/h12-15,18H,4-11H2,1-3H3,(H,17,20). The zero-order chi connectivity index (χ0) is 15.2. The molecule has 0 saturated carbocycles. The van der Waals surface area contributed by atoms with Crippen molar-refractivity contribution in [2.45, 2.75) is 70.2 Å². The zero-order valence-corrected chi connectivity index (χ0v) is 13.7. The first kappa shape index (κ1) is 16.7. The van der Waals surface area contributed by atoms with Crippen LogP contribution < -0.4 is 10.6 Å². The van der Waals surface area contributed by atoms with Crippen molar-refractivity contribution in [1.29, 1.82) is 0 Å². The van der Waals surface area contributed by atoms with Gasteiger partial charge >= 0.3 is 0 Å². The van der Waals surface area contributed by atoms with E-state index in [1.54, 1.807) is 0 Å².